The molecule has 0 aliphatic carbocycles. The average Bonchev–Trinajstić information content (AvgIpc) is 2.68. The van der Waals surface area contributed by atoms with Crippen molar-refractivity contribution in [3.05, 3.63) is 36.8 Å². The molecule has 0 fully saturated rings. The minimum atomic E-state index is 0.493. The normalized spacial score (nSPS) is 9.64. The number of nitrogens with zero attached hydrogens (tertiary/aromatic N) is 3. The van der Waals surface area contributed by atoms with Crippen molar-refractivity contribution >= 4 is 0 Å². The molecular formula is C11H9N3. The molecule has 0 aliphatic heterocycles. The molecular weight excluding hydrogens is 174 g/mol. The number of pyridine rings is 1. The zero-order valence-corrected chi connectivity index (χ0v) is 7.59. The number of terminal acetylenes is 1. The van der Waals surface area contributed by atoms with E-state index in [1.54, 1.807) is 17.1 Å². The first-order valence-electron chi connectivity index (χ1n) is 4.27. The Morgan fingerprint density at radius 2 is 2.36 bits per heavy atom. The van der Waals surface area contributed by atoms with E-state index >= 15 is 0 Å². The molecule has 0 aliphatic rings. The van der Waals surface area contributed by atoms with E-state index in [0.29, 0.717) is 6.54 Å². The molecule has 0 aromatic carbocycles. The van der Waals surface area contributed by atoms with Gasteiger partial charge in [-0.3, -0.25) is 9.67 Å². The van der Waals surface area contributed by atoms with Crippen LogP contribution in [0, 0.1) is 12.3 Å². The summed E-state index contributed by atoms with van der Waals surface area (Å²) in [6.45, 7) is 0.493. The third kappa shape index (κ3) is 1.64. The Morgan fingerprint density at radius 1 is 1.43 bits per heavy atom. The van der Waals surface area contributed by atoms with E-state index in [2.05, 4.69) is 16.0 Å². The van der Waals surface area contributed by atoms with Crippen LogP contribution in [0.1, 0.15) is 0 Å². The Hall–Kier alpha value is -2.08. The van der Waals surface area contributed by atoms with Gasteiger partial charge in [0.2, 0.25) is 0 Å². The highest BCUT2D eigenvalue weighted by molar-refractivity contribution is 5.56. The van der Waals surface area contributed by atoms with Crippen LogP contribution in [0.5, 0.6) is 0 Å². The fourth-order valence-electron chi connectivity index (χ4n) is 1.21. The van der Waals surface area contributed by atoms with Gasteiger partial charge in [0.25, 0.3) is 0 Å². The van der Waals surface area contributed by atoms with Crippen LogP contribution < -0.4 is 0 Å². The van der Waals surface area contributed by atoms with Crippen LogP contribution in [0.2, 0.25) is 0 Å². The minimum absolute atomic E-state index is 0.493. The highest BCUT2D eigenvalue weighted by Crippen LogP contribution is 2.14. The second kappa shape index (κ2) is 3.75. The van der Waals surface area contributed by atoms with Crippen LogP contribution in [-0.4, -0.2) is 14.8 Å². The van der Waals surface area contributed by atoms with Crippen LogP contribution in [0.4, 0.5) is 0 Å². The Kier molecular flexibility index (Phi) is 2.28. The van der Waals surface area contributed by atoms with Crippen molar-refractivity contribution in [3.8, 4) is 23.6 Å². The molecule has 0 saturated carbocycles. The van der Waals surface area contributed by atoms with Crippen molar-refractivity contribution in [2.75, 3.05) is 0 Å². The molecule has 0 unspecified atom stereocenters. The predicted octanol–water partition coefficient (Wildman–Crippen LogP) is 1.58. The summed E-state index contributed by atoms with van der Waals surface area (Å²) in [5.41, 5.74) is 1.90. The standard InChI is InChI=1S/C11H9N3/c1-2-7-14-9-10(8-13-14)11-5-3-4-6-12-11/h1,3-6,8-9H,7H2. The topological polar surface area (TPSA) is 30.7 Å². The monoisotopic (exact) mass is 183 g/mol. The molecule has 0 spiro atoms. The molecule has 2 aromatic heterocycles. The maximum atomic E-state index is 5.18. The predicted molar refractivity (Wildman–Crippen MR) is 54.3 cm³/mol. The maximum absolute atomic E-state index is 5.18. The highest BCUT2D eigenvalue weighted by atomic mass is 15.3. The molecule has 0 atom stereocenters. The first-order chi connectivity index (χ1) is 6.90. The first-order valence-corrected chi connectivity index (χ1v) is 4.27. The van der Waals surface area contributed by atoms with Crippen LogP contribution in [0.15, 0.2) is 36.8 Å². The van der Waals surface area contributed by atoms with E-state index in [1.165, 1.54) is 0 Å². The summed E-state index contributed by atoms with van der Waals surface area (Å²) in [6, 6.07) is 5.77. The Labute approximate surface area is 82.4 Å². The van der Waals surface area contributed by atoms with Crippen LogP contribution in [-0.2, 0) is 6.54 Å². The van der Waals surface area contributed by atoms with Crippen molar-refractivity contribution in [2.24, 2.45) is 0 Å². The fraction of sp³-hybridized carbons (Fsp3) is 0.0909. The summed E-state index contributed by atoms with van der Waals surface area (Å²) in [4.78, 5) is 4.22. The van der Waals surface area contributed by atoms with Crippen molar-refractivity contribution in [1.29, 1.82) is 0 Å². The zero-order valence-electron chi connectivity index (χ0n) is 7.59. The number of rotatable bonds is 2. The second-order valence-electron chi connectivity index (χ2n) is 2.85. The summed E-state index contributed by atoms with van der Waals surface area (Å²) in [6.07, 6.45) is 10.6. The summed E-state index contributed by atoms with van der Waals surface area (Å²) >= 11 is 0. The van der Waals surface area contributed by atoms with Gasteiger partial charge in [0.05, 0.1) is 11.9 Å². The van der Waals surface area contributed by atoms with Gasteiger partial charge in [-0.2, -0.15) is 5.10 Å². The third-order valence-electron chi connectivity index (χ3n) is 1.85. The maximum Gasteiger partial charge on any atom is 0.101 e. The number of aromatic nitrogens is 3. The molecule has 0 bridgehead atoms. The van der Waals surface area contributed by atoms with Gasteiger partial charge in [0, 0.05) is 18.0 Å². The minimum Gasteiger partial charge on any atom is -0.260 e. The molecule has 3 heteroatoms. The smallest absolute Gasteiger partial charge is 0.101 e. The summed E-state index contributed by atoms with van der Waals surface area (Å²) in [5, 5.41) is 4.12. The highest BCUT2D eigenvalue weighted by Gasteiger charge is 2.00. The van der Waals surface area contributed by atoms with Gasteiger partial charge in [-0.05, 0) is 12.1 Å². The van der Waals surface area contributed by atoms with Crippen molar-refractivity contribution < 1.29 is 0 Å². The van der Waals surface area contributed by atoms with Gasteiger partial charge in [-0.25, -0.2) is 0 Å². The third-order valence-corrected chi connectivity index (χ3v) is 1.85. The van der Waals surface area contributed by atoms with Crippen LogP contribution in [0.3, 0.4) is 0 Å². The fourth-order valence-corrected chi connectivity index (χ4v) is 1.21. The van der Waals surface area contributed by atoms with Gasteiger partial charge < -0.3 is 0 Å². The second-order valence-corrected chi connectivity index (χ2v) is 2.85. The molecule has 0 saturated heterocycles. The van der Waals surface area contributed by atoms with E-state index in [9.17, 15) is 0 Å². The lowest BCUT2D eigenvalue weighted by molar-refractivity contribution is 0.716. The average molecular weight is 183 g/mol. The van der Waals surface area contributed by atoms with E-state index < -0.39 is 0 Å². The zero-order chi connectivity index (χ0) is 9.80. The SMILES string of the molecule is C#CCn1cc(-c2ccccn2)cn1. The van der Waals surface area contributed by atoms with Gasteiger partial charge >= 0.3 is 0 Å². The first kappa shape index (κ1) is 8.52. The largest absolute Gasteiger partial charge is 0.260 e. The molecule has 68 valence electrons. The van der Waals surface area contributed by atoms with E-state index in [4.69, 9.17) is 6.42 Å². The molecule has 0 N–H and O–H groups in total. The Morgan fingerprint density at radius 3 is 3.07 bits per heavy atom. The summed E-state index contributed by atoms with van der Waals surface area (Å²) in [5.74, 6) is 2.53. The van der Waals surface area contributed by atoms with Gasteiger partial charge in [0.1, 0.15) is 6.54 Å². The van der Waals surface area contributed by atoms with Gasteiger partial charge in [0.15, 0.2) is 0 Å². The molecule has 2 heterocycles. The molecule has 0 radical (unpaired) electrons. The van der Waals surface area contributed by atoms with Crippen molar-refractivity contribution in [1.82, 2.24) is 14.8 Å². The molecule has 2 rings (SSSR count). The number of hydrogen-bond donors (Lipinski definition) is 0. The van der Waals surface area contributed by atoms with Crippen LogP contribution >= 0.6 is 0 Å². The van der Waals surface area contributed by atoms with E-state index in [1.807, 2.05) is 24.4 Å². The molecule has 0 amide bonds. The van der Waals surface area contributed by atoms with Gasteiger partial charge in [-0.1, -0.05) is 12.0 Å². The Bertz CT molecular complexity index is 451. The van der Waals surface area contributed by atoms with E-state index in [0.717, 1.165) is 11.3 Å². The summed E-state index contributed by atoms with van der Waals surface area (Å²) < 4.78 is 1.71. The van der Waals surface area contributed by atoms with Crippen LogP contribution in [0.25, 0.3) is 11.3 Å². The molecule has 14 heavy (non-hydrogen) atoms. The van der Waals surface area contributed by atoms with Crippen molar-refractivity contribution in [3.63, 3.8) is 0 Å². The van der Waals surface area contributed by atoms with Crippen molar-refractivity contribution in [2.45, 2.75) is 6.54 Å². The molecule has 3 nitrogen and oxygen atoms in total. The number of hydrogen-bond acceptors (Lipinski definition) is 2. The molecule has 2 aromatic rings. The lowest BCUT2D eigenvalue weighted by atomic mass is 10.2. The lowest BCUT2D eigenvalue weighted by Gasteiger charge is -1.93. The quantitative estimate of drug-likeness (QED) is 0.662. The lowest BCUT2D eigenvalue weighted by Crippen LogP contribution is -1.94. The Balaban J connectivity index is 2.31. The van der Waals surface area contributed by atoms with Gasteiger partial charge in [-0.15, -0.1) is 6.42 Å². The van der Waals surface area contributed by atoms with E-state index in [-0.39, 0.29) is 0 Å². The summed E-state index contributed by atoms with van der Waals surface area (Å²) in [7, 11) is 0.